The summed E-state index contributed by atoms with van der Waals surface area (Å²) >= 11 is 6.73. The van der Waals surface area contributed by atoms with E-state index in [0.29, 0.717) is 16.9 Å². The van der Waals surface area contributed by atoms with Crippen LogP contribution >= 0.6 is 35.7 Å². The van der Waals surface area contributed by atoms with Crippen LogP contribution in [0.15, 0.2) is 8.68 Å². The van der Waals surface area contributed by atoms with E-state index in [9.17, 15) is 4.79 Å². The molecule has 0 spiro atoms. The zero-order valence-corrected chi connectivity index (χ0v) is 11.7. The molecule has 0 saturated heterocycles. The third kappa shape index (κ3) is 5.72. The van der Waals surface area contributed by atoms with Gasteiger partial charge in [0.25, 0.3) is 0 Å². The third-order valence-electron chi connectivity index (χ3n) is 1.67. The number of aromatic nitrogens is 2. The molecule has 0 N–H and O–H groups in total. The van der Waals surface area contributed by atoms with E-state index in [1.165, 1.54) is 23.1 Å². The van der Waals surface area contributed by atoms with Crippen LogP contribution < -0.4 is 0 Å². The lowest BCUT2D eigenvalue weighted by atomic mass is 10.1. The lowest BCUT2D eigenvalue weighted by Crippen LogP contribution is -2.09. The Labute approximate surface area is 109 Å². The first-order valence-electron chi connectivity index (χ1n) is 4.89. The fraction of sp³-hybridized carbons (Fsp3) is 0.667. The van der Waals surface area contributed by atoms with Crippen LogP contribution in [0.2, 0.25) is 0 Å². The number of carbonyl (C=O) groups excluding carboxylic acids is 1. The Balaban J connectivity index is 2.15. The highest BCUT2D eigenvalue weighted by Gasteiger charge is 2.07. The van der Waals surface area contributed by atoms with Crippen molar-refractivity contribution in [1.29, 1.82) is 0 Å². The molecule has 1 aromatic heterocycles. The van der Waals surface area contributed by atoms with Crippen LogP contribution in [0.3, 0.4) is 0 Å². The van der Waals surface area contributed by atoms with Crippen molar-refractivity contribution < 1.29 is 9.53 Å². The van der Waals surface area contributed by atoms with Crippen LogP contribution in [0.5, 0.6) is 0 Å². The second-order valence-corrected chi connectivity index (χ2v) is 6.47. The van der Waals surface area contributed by atoms with Crippen molar-refractivity contribution in [2.75, 3.05) is 12.4 Å². The molecule has 0 aliphatic heterocycles. The molecule has 0 saturated carbocycles. The summed E-state index contributed by atoms with van der Waals surface area (Å²) in [5.41, 5.74) is 0. The second kappa shape index (κ2) is 7.13. The van der Waals surface area contributed by atoms with Gasteiger partial charge < -0.3 is 4.74 Å². The van der Waals surface area contributed by atoms with Crippen molar-refractivity contribution in [2.24, 2.45) is 5.92 Å². The monoisotopic (exact) mass is 278 g/mol. The highest BCUT2D eigenvalue weighted by molar-refractivity contribution is 8.01. The molecule has 0 unspecified atom stereocenters. The zero-order valence-electron chi connectivity index (χ0n) is 9.17. The number of nitrogens with zero attached hydrogens (tertiary/aromatic N) is 2. The SMILES string of the molecule is CC(C)CCOC(=O)CSc1nnc(S)s1. The topological polar surface area (TPSA) is 52.1 Å². The van der Waals surface area contributed by atoms with E-state index in [1.54, 1.807) is 0 Å². The maximum absolute atomic E-state index is 11.3. The molecule has 1 rings (SSSR count). The van der Waals surface area contributed by atoms with Gasteiger partial charge in [-0.25, -0.2) is 0 Å². The lowest BCUT2D eigenvalue weighted by Gasteiger charge is -2.05. The van der Waals surface area contributed by atoms with Crippen molar-refractivity contribution in [2.45, 2.75) is 28.9 Å². The first kappa shape index (κ1) is 13.8. The Kier molecular flexibility index (Phi) is 6.15. The van der Waals surface area contributed by atoms with E-state index in [0.717, 1.165) is 10.8 Å². The summed E-state index contributed by atoms with van der Waals surface area (Å²) in [6, 6.07) is 0. The summed E-state index contributed by atoms with van der Waals surface area (Å²) in [4.78, 5) is 11.3. The minimum Gasteiger partial charge on any atom is -0.465 e. The Hall–Kier alpha value is -0.270. The normalized spacial score (nSPS) is 10.8. The minimum absolute atomic E-state index is 0.207. The van der Waals surface area contributed by atoms with Gasteiger partial charge in [-0.05, 0) is 12.3 Å². The van der Waals surface area contributed by atoms with Gasteiger partial charge in [-0.1, -0.05) is 36.9 Å². The average molecular weight is 278 g/mol. The summed E-state index contributed by atoms with van der Waals surface area (Å²) in [6.07, 6.45) is 0.899. The van der Waals surface area contributed by atoms with Crippen LogP contribution in [-0.2, 0) is 9.53 Å². The molecule has 0 amide bonds. The van der Waals surface area contributed by atoms with Crippen LogP contribution in [0.25, 0.3) is 0 Å². The number of thioether (sulfide) groups is 1. The maximum Gasteiger partial charge on any atom is 0.316 e. The van der Waals surface area contributed by atoms with Gasteiger partial charge in [-0.15, -0.1) is 22.8 Å². The smallest absolute Gasteiger partial charge is 0.316 e. The van der Waals surface area contributed by atoms with E-state index in [2.05, 4.69) is 36.7 Å². The van der Waals surface area contributed by atoms with E-state index in [1.807, 2.05) is 0 Å². The molecule has 0 aliphatic rings. The summed E-state index contributed by atoms with van der Waals surface area (Å²) < 4.78 is 6.41. The minimum atomic E-state index is -0.207. The third-order valence-corrected chi connectivity index (χ3v) is 3.86. The number of esters is 1. The average Bonchev–Trinajstić information content (AvgIpc) is 2.61. The van der Waals surface area contributed by atoms with Crippen LogP contribution in [0.4, 0.5) is 0 Å². The summed E-state index contributed by atoms with van der Waals surface area (Å²) in [5.74, 6) is 0.623. The van der Waals surface area contributed by atoms with Gasteiger partial charge >= 0.3 is 5.97 Å². The van der Waals surface area contributed by atoms with Crippen LogP contribution in [-0.4, -0.2) is 28.5 Å². The molecule has 0 aromatic carbocycles. The number of hydrogen-bond acceptors (Lipinski definition) is 7. The van der Waals surface area contributed by atoms with Crippen LogP contribution in [0.1, 0.15) is 20.3 Å². The Morgan fingerprint density at radius 3 is 2.88 bits per heavy atom. The van der Waals surface area contributed by atoms with Gasteiger partial charge in [0.2, 0.25) is 0 Å². The van der Waals surface area contributed by atoms with E-state index in [-0.39, 0.29) is 11.7 Å². The second-order valence-electron chi connectivity index (χ2n) is 3.54. The Bertz CT molecular complexity index is 341. The highest BCUT2D eigenvalue weighted by Crippen LogP contribution is 2.23. The van der Waals surface area contributed by atoms with Gasteiger partial charge in [0.1, 0.15) is 0 Å². The summed E-state index contributed by atoms with van der Waals surface area (Å²) in [7, 11) is 0. The first-order chi connectivity index (χ1) is 7.58. The first-order valence-corrected chi connectivity index (χ1v) is 7.13. The lowest BCUT2D eigenvalue weighted by molar-refractivity contribution is -0.140. The zero-order chi connectivity index (χ0) is 12.0. The van der Waals surface area contributed by atoms with Crippen LogP contribution in [0, 0.1) is 5.92 Å². The van der Waals surface area contributed by atoms with Gasteiger partial charge in [0, 0.05) is 0 Å². The van der Waals surface area contributed by atoms with Gasteiger partial charge in [-0.2, -0.15) is 0 Å². The van der Waals surface area contributed by atoms with Crippen molar-refractivity contribution >= 4 is 41.7 Å². The van der Waals surface area contributed by atoms with E-state index >= 15 is 0 Å². The van der Waals surface area contributed by atoms with Gasteiger partial charge in [0.15, 0.2) is 8.68 Å². The number of hydrogen-bond donors (Lipinski definition) is 1. The molecule has 7 heteroatoms. The Morgan fingerprint density at radius 1 is 1.56 bits per heavy atom. The molecule has 4 nitrogen and oxygen atoms in total. The standard InChI is InChI=1S/C9H14N2O2S3/c1-6(2)3-4-13-7(12)5-15-9-11-10-8(14)16-9/h6H,3-5H2,1-2H3,(H,10,14). The number of thiol groups is 1. The quantitative estimate of drug-likeness (QED) is 0.492. The molecule has 90 valence electrons. The number of ether oxygens (including phenoxy) is 1. The molecule has 1 heterocycles. The number of rotatable bonds is 6. The predicted molar refractivity (Wildman–Crippen MR) is 68.3 cm³/mol. The summed E-state index contributed by atoms with van der Waals surface area (Å²) in [5, 5.41) is 7.58. The van der Waals surface area contributed by atoms with E-state index in [4.69, 9.17) is 4.74 Å². The molecular weight excluding hydrogens is 264 g/mol. The molecule has 1 aromatic rings. The highest BCUT2D eigenvalue weighted by atomic mass is 32.2. The van der Waals surface area contributed by atoms with Crippen molar-refractivity contribution in [3.05, 3.63) is 0 Å². The van der Waals surface area contributed by atoms with Gasteiger partial charge in [0.05, 0.1) is 12.4 Å². The fourth-order valence-corrected chi connectivity index (χ4v) is 2.71. The largest absolute Gasteiger partial charge is 0.465 e. The molecule has 0 fully saturated rings. The van der Waals surface area contributed by atoms with Crippen molar-refractivity contribution in [3.63, 3.8) is 0 Å². The number of carbonyl (C=O) groups is 1. The molecule has 0 aliphatic carbocycles. The predicted octanol–water partition coefficient (Wildman–Crippen LogP) is 2.51. The molecular formula is C9H14N2O2S3. The van der Waals surface area contributed by atoms with Crippen molar-refractivity contribution in [1.82, 2.24) is 10.2 Å². The fourth-order valence-electron chi connectivity index (χ4n) is 0.832. The summed E-state index contributed by atoms with van der Waals surface area (Å²) in [6.45, 7) is 4.68. The van der Waals surface area contributed by atoms with Crippen molar-refractivity contribution in [3.8, 4) is 0 Å². The maximum atomic E-state index is 11.3. The van der Waals surface area contributed by atoms with Gasteiger partial charge in [-0.3, -0.25) is 4.79 Å². The molecule has 0 bridgehead atoms. The molecule has 16 heavy (non-hydrogen) atoms. The molecule has 0 radical (unpaired) electrons. The molecule has 0 atom stereocenters. The van der Waals surface area contributed by atoms with E-state index < -0.39 is 0 Å². The Morgan fingerprint density at radius 2 is 2.31 bits per heavy atom.